The Kier molecular flexibility index (Phi) is 32.2. The highest BCUT2D eigenvalue weighted by atomic mass is 16.6. The lowest BCUT2D eigenvalue weighted by Crippen LogP contribution is -2.61. The molecular formula is C95H126N18O18. The van der Waals surface area contributed by atoms with E-state index in [4.69, 9.17) is 28.4 Å². The van der Waals surface area contributed by atoms with Gasteiger partial charge < -0.3 is 70.1 Å². The first-order valence-electron chi connectivity index (χ1n) is 43.7. The van der Waals surface area contributed by atoms with Gasteiger partial charge in [0.05, 0.1) is 31.6 Å². The standard InChI is InChI=1S/C95H122N16O18.H4N2/c1-55(106(18)89(122)128-94(12,13)14)79(112)100-77(91(3,4)5)85(118)108-51-67-47-75(108)83(116)96-71(45-59-29-35-61-25-21-23-27-63(61)41-59)81(114)98-73(87(120)124-20)43-57-31-37-69(38-32-57)125-53-65-49-111(104-102-65)68-48-76(109(52-68)86(119)78(92(6,7)8)101-80(113)56(2)107(19)90(123)129-95(15,16)17)84(117)97-72(46-60-30-36-62-26-22-24-28-64(62)42-60)82(115)99-74(88(121)127-93(9,10)11)44-58-33-39-70(40-34-58)126-54-66-50-110(67)105-103-66;1-2/h21-42,49-50,55-56,67-68,71-78H,43-48,51-54H2,1-20H3,(H,96,116)(H,97,117)(H,98,114)(H,99,115)(H,100,112)(H,101,113);1-2H2/t55-,56-,67-,68-,71-,72-,73-,74-,75-,76-,77+,78+;/m0./s1. The topological polar surface area (TPSA) is 459 Å². The zero-order valence-corrected chi connectivity index (χ0v) is 78.3. The SMILES string of the molecule is COC(=O)[C@@H]1Cc2ccc(cc2)OCc2cn(nn2)[C@H]2C[C@@H](C(=O)N[C@@H](Cc3ccc4ccccc4c3)C(=O)N[C@H](C(=O)OC(C)(C)C)Cc3ccc(cc3)OCc3cn(nn3)[C@H]3C[C@@H](C(=O)N[C@@H](Cc4ccc5ccccc5c4)C(=O)N1)N(C(=O)[C@@H](NC(=O)[C@H](C)N(C)C(=O)OC(C)(C)C)C(C)(C)C)C3)N(C(=O)[C@@H](NC(=O)[C@H](C)N(C)C(=O)OC(C)(C)C)C(C)(C)C)C2.NN. The zero-order chi connectivity index (χ0) is 96.1. The van der Waals surface area contributed by atoms with Crippen LogP contribution < -0.4 is 53.1 Å². The number of esters is 2. The Morgan fingerprint density at radius 1 is 0.473 bits per heavy atom. The largest absolute Gasteiger partial charge is 0.487 e. The molecule has 10 amide bonds. The third kappa shape index (κ3) is 26.8. The number of carbonyl (C=O) groups excluding carboxylic acids is 12. The number of benzene rings is 6. The molecule has 131 heavy (non-hydrogen) atoms. The van der Waals surface area contributed by atoms with E-state index in [0.717, 1.165) is 31.3 Å². The Balaban J connectivity index is 0.00000885. The van der Waals surface area contributed by atoms with Crippen LogP contribution >= 0.6 is 0 Å². The van der Waals surface area contributed by atoms with Crippen molar-refractivity contribution < 1.29 is 86.0 Å². The van der Waals surface area contributed by atoms with Crippen molar-refractivity contribution in [3.05, 3.63) is 179 Å². The van der Waals surface area contributed by atoms with E-state index in [1.165, 1.54) is 54.2 Å². The smallest absolute Gasteiger partial charge is 0.410 e. The molecular weight excluding hydrogens is 1680 g/mol. The minimum Gasteiger partial charge on any atom is -0.487 e. The number of nitrogens with one attached hydrogen (secondary N) is 6. The van der Waals surface area contributed by atoms with Crippen LogP contribution in [-0.4, -0.2) is 232 Å². The van der Waals surface area contributed by atoms with Crippen molar-refractivity contribution in [1.82, 2.24) is 81.5 Å². The number of hydrazine groups is 1. The lowest BCUT2D eigenvalue weighted by Gasteiger charge is -2.37. The van der Waals surface area contributed by atoms with E-state index in [9.17, 15) is 28.8 Å². The van der Waals surface area contributed by atoms with E-state index in [1.807, 2.05) is 84.9 Å². The number of aromatic nitrogens is 6. The van der Waals surface area contributed by atoms with Crippen LogP contribution in [0.25, 0.3) is 21.5 Å². The van der Waals surface area contributed by atoms with Gasteiger partial charge in [-0.15, -0.1) is 10.2 Å². The number of hydrogen-bond acceptors (Lipinski definition) is 24. The molecule has 6 aliphatic heterocycles. The molecule has 36 heteroatoms. The number of rotatable bonds is 14. The molecule has 0 saturated carbocycles. The molecule has 8 aromatic rings. The van der Waals surface area contributed by atoms with Gasteiger partial charge in [-0.05, 0) is 155 Å². The van der Waals surface area contributed by atoms with E-state index < -0.39 is 172 Å². The summed E-state index contributed by atoms with van der Waals surface area (Å²) in [5.41, 5.74) is -1.87. The second-order valence-corrected chi connectivity index (χ2v) is 38.7. The summed E-state index contributed by atoms with van der Waals surface area (Å²) in [5, 5.41) is 39.0. The van der Waals surface area contributed by atoms with Crippen LogP contribution in [0.2, 0.25) is 0 Å². The number of amides is 10. The van der Waals surface area contributed by atoms with Gasteiger partial charge in [-0.1, -0.05) is 161 Å². The number of methoxy groups -OCH3 is 1. The Hall–Kier alpha value is -13.1. The highest BCUT2D eigenvalue weighted by Crippen LogP contribution is 2.35. The molecule has 8 heterocycles. The summed E-state index contributed by atoms with van der Waals surface area (Å²) in [6.45, 7) is 28.1. The number of ether oxygens (including phenoxy) is 6. The van der Waals surface area contributed by atoms with Gasteiger partial charge in [-0.25, -0.2) is 28.5 Å². The van der Waals surface area contributed by atoms with E-state index in [0.29, 0.717) is 45.1 Å². The quantitative estimate of drug-likeness (QED) is 0.0223. The number of hydrogen-bond donors (Lipinski definition) is 8. The van der Waals surface area contributed by atoms with Crippen molar-refractivity contribution in [2.75, 3.05) is 34.3 Å². The molecule has 2 saturated heterocycles. The lowest BCUT2D eigenvalue weighted by molar-refractivity contribution is -0.158. The maximum absolute atomic E-state index is 15.7. The van der Waals surface area contributed by atoms with Crippen molar-refractivity contribution in [1.29, 1.82) is 0 Å². The van der Waals surface area contributed by atoms with Crippen LogP contribution in [0, 0.1) is 10.8 Å². The first-order valence-corrected chi connectivity index (χ1v) is 43.7. The zero-order valence-electron chi connectivity index (χ0n) is 78.3. The van der Waals surface area contributed by atoms with E-state index in [-0.39, 0.29) is 64.8 Å². The van der Waals surface area contributed by atoms with Gasteiger partial charge in [0.15, 0.2) is 0 Å². The Labute approximate surface area is 763 Å². The summed E-state index contributed by atoms with van der Waals surface area (Å²) in [7, 11) is 4.00. The third-order valence-corrected chi connectivity index (χ3v) is 22.8. The van der Waals surface area contributed by atoms with Gasteiger partial charge in [0, 0.05) is 65.7 Å². The number of nitrogens with two attached hydrogens (primary N) is 2. The molecule has 12 bridgehead atoms. The predicted molar refractivity (Wildman–Crippen MR) is 486 cm³/mol. The molecule has 6 aliphatic rings. The van der Waals surface area contributed by atoms with Gasteiger partial charge in [-0.3, -0.25) is 59.8 Å². The average Bonchev–Trinajstić information content (AvgIpc) is 1.65. The van der Waals surface area contributed by atoms with Gasteiger partial charge in [-0.2, -0.15) is 0 Å². The average molecular weight is 1810 g/mol. The van der Waals surface area contributed by atoms with Crippen LogP contribution in [0.4, 0.5) is 9.59 Å². The first-order chi connectivity index (χ1) is 61.5. The van der Waals surface area contributed by atoms with Gasteiger partial charge in [0.2, 0.25) is 47.3 Å². The minimum atomic E-state index is -1.42. The third-order valence-electron chi connectivity index (χ3n) is 22.8. The Morgan fingerprint density at radius 3 is 1.17 bits per heavy atom. The van der Waals surface area contributed by atoms with Crippen LogP contribution in [0.15, 0.2) is 146 Å². The van der Waals surface area contributed by atoms with Crippen molar-refractivity contribution in [3.63, 3.8) is 0 Å². The summed E-state index contributed by atoms with van der Waals surface area (Å²) in [5.74, 6) is 1.32. The van der Waals surface area contributed by atoms with Crippen molar-refractivity contribution in [3.8, 4) is 11.5 Å². The van der Waals surface area contributed by atoms with Crippen molar-refractivity contribution in [2.45, 2.75) is 259 Å². The molecule has 0 unspecified atom stereocenters. The monoisotopic (exact) mass is 1810 g/mol. The molecule has 2 fully saturated rings. The number of carbonyl (C=O) groups is 12. The van der Waals surface area contributed by atoms with Gasteiger partial charge in [0.1, 0.15) is 113 Å². The highest BCUT2D eigenvalue weighted by Gasteiger charge is 2.50. The molecule has 12 atom stereocenters. The second-order valence-electron chi connectivity index (χ2n) is 38.7. The Bertz CT molecular complexity index is 5430. The fourth-order valence-electron chi connectivity index (χ4n) is 15.4. The van der Waals surface area contributed by atoms with Crippen LogP contribution in [0.1, 0.15) is 176 Å². The van der Waals surface area contributed by atoms with Crippen LogP contribution in [-0.2, 0) is 106 Å². The molecule has 10 N–H and O–H groups in total. The predicted octanol–water partition coefficient (Wildman–Crippen LogP) is 7.75. The normalized spacial score (nSPS) is 20.2. The Morgan fingerprint density at radius 2 is 0.824 bits per heavy atom. The number of likely N-dealkylation sites (N-methyl/N-ethyl adjacent to an activating group) is 2. The molecule has 36 nitrogen and oxygen atoms in total. The summed E-state index contributed by atoms with van der Waals surface area (Å²) in [6, 6.07) is 25.2. The summed E-state index contributed by atoms with van der Waals surface area (Å²) >= 11 is 0. The van der Waals surface area contributed by atoms with Gasteiger partial charge >= 0.3 is 24.1 Å². The minimum absolute atomic E-state index is 0.0888. The molecule has 0 aliphatic carbocycles. The first kappa shape index (κ1) is 100. The second kappa shape index (κ2) is 42.2. The number of nitrogens with zero attached hydrogens (tertiary/aromatic N) is 10. The maximum Gasteiger partial charge on any atom is 0.410 e. The van der Waals surface area contributed by atoms with Crippen molar-refractivity contribution in [2.24, 2.45) is 22.5 Å². The number of fused-ring (bicyclic) bond motifs is 2. The molecule has 0 radical (unpaired) electrons. The highest BCUT2D eigenvalue weighted by molar-refractivity contribution is 5.99. The summed E-state index contributed by atoms with van der Waals surface area (Å²) in [6.07, 6.45) is 1.04. The van der Waals surface area contributed by atoms with E-state index >= 15 is 28.8 Å². The molecule has 0 spiro atoms. The van der Waals surface area contributed by atoms with Crippen LogP contribution in [0.3, 0.4) is 0 Å². The molecule has 14 rings (SSSR count). The summed E-state index contributed by atoms with van der Waals surface area (Å²) in [4.78, 5) is 183. The van der Waals surface area contributed by atoms with Crippen LogP contribution in [0.5, 0.6) is 11.5 Å². The lowest BCUT2D eigenvalue weighted by atomic mass is 9.85. The maximum atomic E-state index is 15.7. The molecule has 2 aromatic heterocycles. The molecule has 6 aromatic carbocycles. The fraction of sp³-hybridized carbons (Fsp3) is 0.495. The van der Waals surface area contributed by atoms with E-state index in [1.54, 1.807) is 165 Å². The number of likely N-dealkylation sites (tertiary alicyclic amines) is 2. The van der Waals surface area contributed by atoms with Gasteiger partial charge in [0.25, 0.3) is 0 Å². The van der Waals surface area contributed by atoms with Crippen molar-refractivity contribution >= 4 is 92.9 Å². The fourth-order valence-corrected chi connectivity index (χ4v) is 15.4. The van der Waals surface area contributed by atoms with E-state index in [2.05, 4.69) is 64.2 Å². The molecule has 704 valence electrons. The summed E-state index contributed by atoms with van der Waals surface area (Å²) < 4.78 is 38.1.